The highest BCUT2D eigenvalue weighted by Crippen LogP contribution is 2.42. The molecule has 5 unspecified atom stereocenters. The third-order valence-corrected chi connectivity index (χ3v) is 6.14. The van der Waals surface area contributed by atoms with Gasteiger partial charge in [-0.15, -0.1) is 0 Å². The number of hydrogen-bond donors (Lipinski definition) is 2. The van der Waals surface area contributed by atoms with E-state index in [-0.39, 0.29) is 17.7 Å². The molecule has 1 heterocycles. The maximum atomic E-state index is 12.6. The van der Waals surface area contributed by atoms with Crippen molar-refractivity contribution in [3.63, 3.8) is 0 Å². The molecule has 3 rings (SSSR count). The van der Waals surface area contributed by atoms with Crippen LogP contribution in [0.15, 0.2) is 0 Å². The summed E-state index contributed by atoms with van der Waals surface area (Å²) in [4.78, 5) is 24.2. The number of amides is 1. The molecule has 0 aromatic carbocycles. The van der Waals surface area contributed by atoms with Crippen molar-refractivity contribution in [2.75, 3.05) is 13.2 Å². The van der Waals surface area contributed by atoms with E-state index in [1.165, 1.54) is 25.7 Å². The van der Waals surface area contributed by atoms with Gasteiger partial charge in [0.15, 0.2) is 0 Å². The van der Waals surface area contributed by atoms with Gasteiger partial charge in [-0.25, -0.2) is 4.79 Å². The van der Waals surface area contributed by atoms with Gasteiger partial charge in [0.1, 0.15) is 6.04 Å². The number of carbonyl (C=O) groups is 2. The molecular formula is C18H29NO4. The summed E-state index contributed by atoms with van der Waals surface area (Å²) < 4.78 is 5.40. The molecule has 1 amide bonds. The first-order valence-corrected chi connectivity index (χ1v) is 9.26. The molecule has 3 fully saturated rings. The van der Waals surface area contributed by atoms with E-state index in [0.29, 0.717) is 19.1 Å². The SMILES string of the molecule is O=C(NC(C(=O)O)C1CCCOC1)C1CCC2CCCCC2C1. The lowest BCUT2D eigenvalue weighted by atomic mass is 9.67. The lowest BCUT2D eigenvalue weighted by Gasteiger charge is -2.39. The van der Waals surface area contributed by atoms with Crippen LogP contribution in [-0.2, 0) is 14.3 Å². The van der Waals surface area contributed by atoms with Gasteiger partial charge < -0.3 is 15.2 Å². The van der Waals surface area contributed by atoms with Gasteiger partial charge in [0.05, 0.1) is 6.61 Å². The van der Waals surface area contributed by atoms with Crippen molar-refractivity contribution in [2.45, 2.75) is 63.8 Å². The normalized spacial score (nSPS) is 35.8. The van der Waals surface area contributed by atoms with Gasteiger partial charge >= 0.3 is 5.97 Å². The monoisotopic (exact) mass is 323 g/mol. The highest BCUT2D eigenvalue weighted by atomic mass is 16.5. The number of rotatable bonds is 4. The molecule has 1 saturated heterocycles. The van der Waals surface area contributed by atoms with E-state index in [1.807, 2.05) is 0 Å². The van der Waals surface area contributed by atoms with E-state index in [2.05, 4.69) is 5.32 Å². The lowest BCUT2D eigenvalue weighted by Crippen LogP contribution is -2.50. The minimum atomic E-state index is -0.930. The molecule has 5 heteroatoms. The quantitative estimate of drug-likeness (QED) is 0.834. The Morgan fingerprint density at radius 2 is 1.78 bits per heavy atom. The minimum Gasteiger partial charge on any atom is -0.480 e. The molecule has 2 N–H and O–H groups in total. The van der Waals surface area contributed by atoms with Crippen molar-refractivity contribution in [1.29, 1.82) is 0 Å². The van der Waals surface area contributed by atoms with Gasteiger partial charge in [0.25, 0.3) is 0 Å². The van der Waals surface area contributed by atoms with Crippen LogP contribution in [0.3, 0.4) is 0 Å². The zero-order chi connectivity index (χ0) is 16.2. The zero-order valence-electron chi connectivity index (χ0n) is 13.8. The molecule has 2 saturated carbocycles. The second-order valence-electron chi connectivity index (χ2n) is 7.62. The summed E-state index contributed by atoms with van der Waals surface area (Å²) in [6.45, 7) is 1.13. The van der Waals surface area contributed by atoms with Gasteiger partial charge in [-0.1, -0.05) is 25.7 Å². The molecule has 5 nitrogen and oxygen atoms in total. The van der Waals surface area contributed by atoms with Crippen LogP contribution in [0.5, 0.6) is 0 Å². The van der Waals surface area contributed by atoms with Gasteiger partial charge in [0, 0.05) is 18.4 Å². The number of aliphatic carboxylic acids is 1. The van der Waals surface area contributed by atoms with E-state index < -0.39 is 12.0 Å². The summed E-state index contributed by atoms with van der Waals surface area (Å²) in [7, 11) is 0. The number of carboxylic acid groups (broad SMARTS) is 1. The van der Waals surface area contributed by atoms with Crippen LogP contribution in [0, 0.1) is 23.7 Å². The molecule has 2 aliphatic carbocycles. The largest absolute Gasteiger partial charge is 0.480 e. The van der Waals surface area contributed by atoms with Crippen LogP contribution in [0.4, 0.5) is 0 Å². The summed E-state index contributed by atoms with van der Waals surface area (Å²) in [6, 6.07) is -0.799. The second kappa shape index (κ2) is 7.65. The van der Waals surface area contributed by atoms with Crippen LogP contribution in [0.2, 0.25) is 0 Å². The summed E-state index contributed by atoms with van der Waals surface area (Å²) in [6.07, 6.45) is 9.86. The Balaban J connectivity index is 1.57. The Bertz CT molecular complexity index is 433. The summed E-state index contributed by atoms with van der Waals surface area (Å²) in [5.74, 6) is 0.397. The van der Waals surface area contributed by atoms with E-state index in [0.717, 1.165) is 38.0 Å². The average molecular weight is 323 g/mol. The summed E-state index contributed by atoms with van der Waals surface area (Å²) >= 11 is 0. The van der Waals surface area contributed by atoms with Gasteiger partial charge in [0.2, 0.25) is 5.91 Å². The van der Waals surface area contributed by atoms with E-state index >= 15 is 0 Å². The zero-order valence-corrected chi connectivity index (χ0v) is 13.8. The fraction of sp³-hybridized carbons (Fsp3) is 0.889. The van der Waals surface area contributed by atoms with Crippen molar-refractivity contribution in [3.05, 3.63) is 0 Å². The van der Waals surface area contributed by atoms with Crippen LogP contribution in [-0.4, -0.2) is 36.2 Å². The van der Waals surface area contributed by atoms with Crippen LogP contribution < -0.4 is 5.32 Å². The number of carboxylic acids is 1. The van der Waals surface area contributed by atoms with Crippen LogP contribution in [0.25, 0.3) is 0 Å². The molecule has 0 spiro atoms. The third kappa shape index (κ3) is 4.06. The summed E-state index contributed by atoms with van der Waals surface area (Å²) in [5.41, 5.74) is 0. The fourth-order valence-electron chi connectivity index (χ4n) is 4.79. The standard InChI is InChI=1S/C18H29NO4/c20-17(14-8-7-12-4-1-2-5-13(12)10-14)19-16(18(21)22)15-6-3-9-23-11-15/h12-16H,1-11H2,(H,19,20)(H,21,22). The molecule has 3 aliphatic rings. The highest BCUT2D eigenvalue weighted by molar-refractivity contribution is 5.85. The highest BCUT2D eigenvalue weighted by Gasteiger charge is 2.37. The predicted octanol–water partition coefficient (Wildman–Crippen LogP) is 2.59. The van der Waals surface area contributed by atoms with Crippen molar-refractivity contribution < 1.29 is 19.4 Å². The fourth-order valence-corrected chi connectivity index (χ4v) is 4.79. The topological polar surface area (TPSA) is 75.6 Å². The van der Waals surface area contributed by atoms with Crippen LogP contribution in [0.1, 0.15) is 57.8 Å². The molecule has 0 bridgehead atoms. The van der Waals surface area contributed by atoms with Crippen molar-refractivity contribution in [3.8, 4) is 0 Å². The van der Waals surface area contributed by atoms with E-state index in [1.54, 1.807) is 0 Å². The molecule has 1 aliphatic heterocycles. The molecule has 23 heavy (non-hydrogen) atoms. The second-order valence-corrected chi connectivity index (χ2v) is 7.62. The van der Waals surface area contributed by atoms with Crippen molar-refractivity contribution >= 4 is 11.9 Å². The first kappa shape index (κ1) is 16.7. The Hall–Kier alpha value is -1.10. The molecule has 0 radical (unpaired) electrons. The maximum absolute atomic E-state index is 12.6. The third-order valence-electron chi connectivity index (χ3n) is 6.14. The minimum absolute atomic E-state index is 0.000656. The van der Waals surface area contributed by atoms with Gasteiger partial charge in [-0.05, 0) is 43.9 Å². The number of nitrogens with one attached hydrogen (secondary N) is 1. The molecular weight excluding hydrogens is 294 g/mol. The van der Waals surface area contributed by atoms with Gasteiger partial charge in [-0.3, -0.25) is 4.79 Å². The smallest absolute Gasteiger partial charge is 0.326 e. The van der Waals surface area contributed by atoms with Crippen molar-refractivity contribution in [1.82, 2.24) is 5.32 Å². The number of carbonyl (C=O) groups excluding carboxylic acids is 1. The molecule has 0 aromatic rings. The Morgan fingerprint density at radius 1 is 1.00 bits per heavy atom. The first-order valence-electron chi connectivity index (χ1n) is 9.26. The Morgan fingerprint density at radius 3 is 2.48 bits per heavy atom. The first-order chi connectivity index (χ1) is 11.1. The Labute approximate surface area is 138 Å². The number of fused-ring (bicyclic) bond motifs is 1. The molecule has 0 aromatic heterocycles. The van der Waals surface area contributed by atoms with E-state index in [9.17, 15) is 14.7 Å². The maximum Gasteiger partial charge on any atom is 0.326 e. The summed E-state index contributed by atoms with van der Waals surface area (Å²) in [5, 5.41) is 12.3. The van der Waals surface area contributed by atoms with Gasteiger partial charge in [-0.2, -0.15) is 0 Å². The Kier molecular flexibility index (Phi) is 5.57. The lowest BCUT2D eigenvalue weighted by molar-refractivity contribution is -0.146. The average Bonchev–Trinajstić information content (AvgIpc) is 2.59. The predicted molar refractivity (Wildman–Crippen MR) is 85.9 cm³/mol. The number of hydrogen-bond acceptors (Lipinski definition) is 3. The van der Waals surface area contributed by atoms with Crippen molar-refractivity contribution in [2.24, 2.45) is 23.7 Å². The number of ether oxygens (including phenoxy) is 1. The van der Waals surface area contributed by atoms with Crippen LogP contribution >= 0.6 is 0 Å². The molecule has 130 valence electrons. The van der Waals surface area contributed by atoms with E-state index in [4.69, 9.17) is 4.74 Å². The molecule has 5 atom stereocenters.